The van der Waals surface area contributed by atoms with E-state index in [1.807, 2.05) is 31.2 Å². The zero-order valence-electron chi connectivity index (χ0n) is 9.54. The molecule has 0 saturated heterocycles. The summed E-state index contributed by atoms with van der Waals surface area (Å²) in [6, 6.07) is 14.4. The first-order valence-electron chi connectivity index (χ1n) is 5.64. The lowest BCUT2D eigenvalue weighted by molar-refractivity contribution is 0.553. The van der Waals surface area contributed by atoms with Crippen LogP contribution in [0.4, 0.5) is 0 Å². The van der Waals surface area contributed by atoms with Crippen molar-refractivity contribution in [2.24, 2.45) is 0 Å². The number of nitrogens with zero attached hydrogens (tertiary/aromatic N) is 4. The van der Waals surface area contributed by atoms with E-state index in [0.29, 0.717) is 5.82 Å². The highest BCUT2D eigenvalue weighted by Crippen LogP contribution is 2.25. The molecule has 1 aromatic heterocycles. The molecule has 17 heavy (non-hydrogen) atoms. The first-order valence-corrected chi connectivity index (χ1v) is 5.64. The summed E-state index contributed by atoms with van der Waals surface area (Å²) in [6.45, 7) is 2.73. The molecule has 4 nitrogen and oxygen atoms in total. The number of rotatable bonds is 2. The van der Waals surface area contributed by atoms with E-state index in [9.17, 15) is 0 Å². The van der Waals surface area contributed by atoms with Crippen LogP contribution in [0.3, 0.4) is 0 Å². The Morgan fingerprint density at radius 3 is 2.71 bits per heavy atom. The summed E-state index contributed by atoms with van der Waals surface area (Å²) in [5.74, 6) is 0.684. The molecule has 3 rings (SSSR count). The minimum Gasteiger partial charge on any atom is -0.164 e. The summed E-state index contributed by atoms with van der Waals surface area (Å²) in [5, 5.41) is 14.8. The summed E-state index contributed by atoms with van der Waals surface area (Å²) in [4.78, 5) is 1.59. The Kier molecular flexibility index (Phi) is 2.33. The molecule has 0 fully saturated rings. The van der Waals surface area contributed by atoms with Crippen LogP contribution in [0.25, 0.3) is 22.2 Å². The van der Waals surface area contributed by atoms with Gasteiger partial charge in [-0.3, -0.25) is 0 Å². The third-order valence-corrected chi connectivity index (χ3v) is 2.77. The van der Waals surface area contributed by atoms with Gasteiger partial charge in [-0.2, -0.15) is 4.80 Å². The van der Waals surface area contributed by atoms with E-state index in [2.05, 4.69) is 33.6 Å². The summed E-state index contributed by atoms with van der Waals surface area (Å²) in [5.41, 5.74) is 1.03. The molecule has 0 atom stereocenters. The summed E-state index contributed by atoms with van der Waals surface area (Å²) in [7, 11) is 0. The Hall–Kier alpha value is -2.23. The normalized spacial score (nSPS) is 10.9. The van der Waals surface area contributed by atoms with Gasteiger partial charge in [-0.1, -0.05) is 42.5 Å². The predicted molar refractivity (Wildman–Crippen MR) is 66.4 cm³/mol. The Balaban J connectivity index is 2.23. The van der Waals surface area contributed by atoms with Crippen LogP contribution >= 0.6 is 0 Å². The molecular formula is C13H12N4. The van der Waals surface area contributed by atoms with Crippen LogP contribution in [0.1, 0.15) is 6.92 Å². The average molecular weight is 224 g/mol. The highest BCUT2D eigenvalue weighted by Gasteiger charge is 2.08. The second kappa shape index (κ2) is 3.97. The van der Waals surface area contributed by atoms with Crippen LogP contribution in [0.15, 0.2) is 42.5 Å². The highest BCUT2D eigenvalue weighted by atomic mass is 15.6. The SMILES string of the molecule is CCn1nnc(-c2cccc3ccccc23)n1. The zero-order valence-corrected chi connectivity index (χ0v) is 9.54. The molecule has 0 aliphatic carbocycles. The van der Waals surface area contributed by atoms with Gasteiger partial charge in [-0.15, -0.1) is 10.2 Å². The van der Waals surface area contributed by atoms with Gasteiger partial charge in [0, 0.05) is 5.56 Å². The lowest BCUT2D eigenvalue weighted by Crippen LogP contribution is -1.98. The summed E-state index contributed by atoms with van der Waals surface area (Å²) >= 11 is 0. The van der Waals surface area contributed by atoms with Crippen LogP contribution in [-0.2, 0) is 6.54 Å². The lowest BCUT2D eigenvalue weighted by Gasteiger charge is -2.01. The molecule has 0 amide bonds. The van der Waals surface area contributed by atoms with Gasteiger partial charge in [0.1, 0.15) is 0 Å². The fourth-order valence-corrected chi connectivity index (χ4v) is 1.91. The van der Waals surface area contributed by atoms with E-state index in [-0.39, 0.29) is 0 Å². The minimum absolute atomic E-state index is 0.684. The first kappa shape index (κ1) is 9.96. The van der Waals surface area contributed by atoms with Crippen molar-refractivity contribution in [1.82, 2.24) is 20.2 Å². The van der Waals surface area contributed by atoms with Gasteiger partial charge >= 0.3 is 0 Å². The van der Waals surface area contributed by atoms with E-state index in [0.717, 1.165) is 17.5 Å². The number of hydrogen-bond donors (Lipinski definition) is 0. The van der Waals surface area contributed by atoms with Crippen LogP contribution < -0.4 is 0 Å². The highest BCUT2D eigenvalue weighted by molar-refractivity contribution is 5.94. The standard InChI is InChI=1S/C13H12N4/c1-2-17-15-13(14-16-17)12-9-5-7-10-6-3-4-8-11(10)12/h3-9H,2H2,1H3. The topological polar surface area (TPSA) is 43.6 Å². The molecular weight excluding hydrogens is 212 g/mol. The second-order valence-electron chi connectivity index (χ2n) is 3.83. The lowest BCUT2D eigenvalue weighted by atomic mass is 10.0. The maximum absolute atomic E-state index is 4.34. The zero-order chi connectivity index (χ0) is 11.7. The van der Waals surface area contributed by atoms with Crippen molar-refractivity contribution < 1.29 is 0 Å². The third-order valence-electron chi connectivity index (χ3n) is 2.77. The van der Waals surface area contributed by atoms with E-state index < -0.39 is 0 Å². The second-order valence-corrected chi connectivity index (χ2v) is 3.83. The summed E-state index contributed by atoms with van der Waals surface area (Å²) in [6.07, 6.45) is 0. The van der Waals surface area contributed by atoms with Crippen molar-refractivity contribution >= 4 is 10.8 Å². The van der Waals surface area contributed by atoms with Crippen molar-refractivity contribution in [3.63, 3.8) is 0 Å². The van der Waals surface area contributed by atoms with Crippen LogP contribution in [0.5, 0.6) is 0 Å². The van der Waals surface area contributed by atoms with Crippen LogP contribution in [0, 0.1) is 0 Å². The fraction of sp³-hybridized carbons (Fsp3) is 0.154. The molecule has 3 aromatic rings. The van der Waals surface area contributed by atoms with E-state index >= 15 is 0 Å². The first-order chi connectivity index (χ1) is 8.38. The molecule has 0 bridgehead atoms. The van der Waals surface area contributed by atoms with Gasteiger partial charge in [0.15, 0.2) is 0 Å². The van der Waals surface area contributed by atoms with Gasteiger partial charge in [-0.05, 0) is 22.9 Å². The molecule has 0 aliphatic heterocycles. The molecule has 0 saturated carbocycles. The number of aromatic nitrogens is 4. The molecule has 0 spiro atoms. The number of aryl methyl sites for hydroxylation is 1. The van der Waals surface area contributed by atoms with Crippen molar-refractivity contribution in [3.05, 3.63) is 42.5 Å². The van der Waals surface area contributed by atoms with Crippen molar-refractivity contribution in [1.29, 1.82) is 0 Å². The number of benzene rings is 2. The van der Waals surface area contributed by atoms with Gasteiger partial charge in [0.2, 0.25) is 5.82 Å². The van der Waals surface area contributed by atoms with Gasteiger partial charge in [-0.25, -0.2) is 0 Å². The molecule has 84 valence electrons. The van der Waals surface area contributed by atoms with Crippen LogP contribution in [-0.4, -0.2) is 20.2 Å². The number of fused-ring (bicyclic) bond motifs is 1. The van der Waals surface area contributed by atoms with Crippen LogP contribution in [0.2, 0.25) is 0 Å². The van der Waals surface area contributed by atoms with Gasteiger partial charge < -0.3 is 0 Å². The Bertz CT molecular complexity index is 652. The van der Waals surface area contributed by atoms with E-state index in [4.69, 9.17) is 0 Å². The quantitative estimate of drug-likeness (QED) is 0.671. The van der Waals surface area contributed by atoms with E-state index in [1.165, 1.54) is 5.39 Å². The largest absolute Gasteiger partial charge is 0.205 e. The third kappa shape index (κ3) is 1.67. The Morgan fingerprint density at radius 2 is 1.88 bits per heavy atom. The molecule has 1 heterocycles. The average Bonchev–Trinajstić information content (AvgIpc) is 2.87. The van der Waals surface area contributed by atoms with Crippen molar-refractivity contribution in [2.45, 2.75) is 13.5 Å². The molecule has 0 aliphatic rings. The van der Waals surface area contributed by atoms with Crippen molar-refractivity contribution in [3.8, 4) is 11.4 Å². The number of tetrazole rings is 1. The Morgan fingerprint density at radius 1 is 1.06 bits per heavy atom. The molecule has 4 heteroatoms. The molecule has 0 radical (unpaired) electrons. The van der Waals surface area contributed by atoms with E-state index in [1.54, 1.807) is 4.80 Å². The van der Waals surface area contributed by atoms with Gasteiger partial charge in [0.25, 0.3) is 0 Å². The monoisotopic (exact) mass is 224 g/mol. The number of hydrogen-bond acceptors (Lipinski definition) is 3. The van der Waals surface area contributed by atoms with Gasteiger partial charge in [0.05, 0.1) is 6.54 Å². The maximum Gasteiger partial charge on any atom is 0.205 e. The smallest absolute Gasteiger partial charge is 0.164 e. The molecule has 2 aromatic carbocycles. The molecule has 0 unspecified atom stereocenters. The van der Waals surface area contributed by atoms with Crippen molar-refractivity contribution in [2.75, 3.05) is 0 Å². The minimum atomic E-state index is 0.684. The maximum atomic E-state index is 4.34. The Labute approximate surface area is 98.9 Å². The molecule has 0 N–H and O–H groups in total. The fourth-order valence-electron chi connectivity index (χ4n) is 1.91. The summed E-state index contributed by atoms with van der Waals surface area (Å²) < 4.78 is 0. The predicted octanol–water partition coefficient (Wildman–Crippen LogP) is 2.51.